The normalized spacial score (nSPS) is 14.8. The summed E-state index contributed by atoms with van der Waals surface area (Å²) in [5.41, 5.74) is 1.06. The van der Waals surface area contributed by atoms with Gasteiger partial charge in [0.2, 0.25) is 5.91 Å². The highest BCUT2D eigenvalue weighted by molar-refractivity contribution is 6.10. The predicted octanol–water partition coefficient (Wildman–Crippen LogP) is 5.89. The summed E-state index contributed by atoms with van der Waals surface area (Å²) >= 11 is 0. The summed E-state index contributed by atoms with van der Waals surface area (Å²) in [7, 11) is 3.69. The largest absolute Gasteiger partial charge is 0.490 e. The number of nitrogens with zero attached hydrogens (tertiary/aromatic N) is 2. The minimum Gasteiger partial charge on any atom is -0.490 e. The molecule has 0 bridgehead atoms. The summed E-state index contributed by atoms with van der Waals surface area (Å²) in [5.74, 6) is -4.36. The van der Waals surface area contributed by atoms with E-state index < -0.39 is 29.7 Å². The Kier molecular flexibility index (Phi) is 11.6. The Balaban J connectivity index is 0.00000529. The minimum absolute atomic E-state index is 0. The molecule has 0 aromatic heterocycles. The van der Waals surface area contributed by atoms with E-state index in [1.165, 1.54) is 23.1 Å². The van der Waals surface area contributed by atoms with Crippen molar-refractivity contribution in [2.75, 3.05) is 43.9 Å². The van der Waals surface area contributed by atoms with Crippen LogP contribution >= 0.6 is 12.4 Å². The smallest absolute Gasteiger partial charge is 0.275 e. The lowest BCUT2D eigenvalue weighted by Gasteiger charge is -2.23. The second kappa shape index (κ2) is 14.9. The maximum absolute atomic E-state index is 15.4. The average molecular weight is 627 g/mol. The topological polar surface area (TPSA) is 91.0 Å². The van der Waals surface area contributed by atoms with Crippen molar-refractivity contribution in [2.24, 2.45) is 0 Å². The fraction of sp³-hybridized carbons (Fsp3) is 0.303. The first-order chi connectivity index (χ1) is 20.5. The van der Waals surface area contributed by atoms with Gasteiger partial charge in [0.05, 0.1) is 17.4 Å². The first-order valence-corrected chi connectivity index (χ1v) is 14.1. The molecule has 0 fully saturated rings. The quantitative estimate of drug-likeness (QED) is 0.289. The van der Waals surface area contributed by atoms with Gasteiger partial charge in [-0.3, -0.25) is 14.4 Å². The molecule has 3 aromatic carbocycles. The number of carbonyl (C=O) groups excluding carboxylic acids is 3. The van der Waals surface area contributed by atoms with E-state index in [0.717, 1.165) is 6.08 Å². The zero-order valence-electron chi connectivity index (χ0n) is 25.1. The van der Waals surface area contributed by atoms with Crippen LogP contribution in [0.15, 0.2) is 78.9 Å². The molecule has 3 amide bonds. The summed E-state index contributed by atoms with van der Waals surface area (Å²) in [6.45, 7) is 4.35. The first kappa shape index (κ1) is 34.2. The zero-order valence-corrected chi connectivity index (χ0v) is 25.9. The third kappa shape index (κ3) is 8.42. The molecule has 0 atom stereocenters. The van der Waals surface area contributed by atoms with Crippen LogP contribution in [0.5, 0.6) is 5.75 Å². The van der Waals surface area contributed by atoms with Crippen molar-refractivity contribution in [3.05, 3.63) is 95.6 Å². The molecule has 0 radical (unpaired) electrons. The van der Waals surface area contributed by atoms with E-state index in [-0.39, 0.29) is 47.8 Å². The molecule has 8 nitrogen and oxygen atoms in total. The lowest BCUT2D eigenvalue weighted by molar-refractivity contribution is -0.116. The molecule has 11 heteroatoms. The fourth-order valence-electron chi connectivity index (χ4n) is 4.68. The summed E-state index contributed by atoms with van der Waals surface area (Å²) in [5, 5.41) is 5.45. The number of amides is 3. The lowest BCUT2D eigenvalue weighted by Crippen LogP contribution is -2.33. The second-order valence-corrected chi connectivity index (χ2v) is 10.8. The van der Waals surface area contributed by atoms with E-state index in [1.807, 2.05) is 32.8 Å². The molecule has 1 aliphatic heterocycles. The number of anilines is 2. The number of hydrogen-bond donors (Lipinski definition) is 2. The average Bonchev–Trinajstić information content (AvgIpc) is 3.06. The monoisotopic (exact) mass is 626 g/mol. The highest BCUT2D eigenvalue weighted by Crippen LogP contribution is 2.43. The van der Waals surface area contributed by atoms with E-state index >= 15 is 8.78 Å². The van der Waals surface area contributed by atoms with Crippen LogP contribution in [0, 0.1) is 0 Å². The van der Waals surface area contributed by atoms with Crippen LogP contribution < -0.4 is 20.3 Å². The molecule has 1 heterocycles. The summed E-state index contributed by atoms with van der Waals surface area (Å²) in [6.07, 6.45) is 0.167. The number of fused-ring (bicyclic) bond motifs is 1. The van der Waals surface area contributed by atoms with Gasteiger partial charge in [-0.25, -0.2) is 8.78 Å². The highest BCUT2D eigenvalue weighted by Gasteiger charge is 2.41. The van der Waals surface area contributed by atoms with Gasteiger partial charge in [-0.05, 0) is 70.4 Å². The molecular formula is C33H37ClF2N4O4. The number of halogens is 3. The number of benzene rings is 3. The highest BCUT2D eigenvalue weighted by atomic mass is 35.5. The first-order valence-electron chi connectivity index (χ1n) is 14.1. The molecule has 1 aliphatic rings. The van der Waals surface area contributed by atoms with Crippen LogP contribution in [0.25, 0.3) is 5.57 Å². The van der Waals surface area contributed by atoms with E-state index in [9.17, 15) is 14.4 Å². The predicted molar refractivity (Wildman–Crippen MR) is 171 cm³/mol. The molecule has 234 valence electrons. The number of rotatable bonds is 9. The molecule has 0 aliphatic carbocycles. The van der Waals surface area contributed by atoms with Crippen molar-refractivity contribution in [3.63, 3.8) is 0 Å². The Labute approximate surface area is 262 Å². The van der Waals surface area contributed by atoms with Crippen LogP contribution in [-0.2, 0) is 4.79 Å². The SMILES string of the molecule is CC(C)Oc1ccccc1C(=O)Nc1ccc(C(=O)N2CCC(F)(F)C(=CC(=O)NCCN(C)C)c3ccccc32)cc1.Cl. The zero-order chi connectivity index (χ0) is 31.1. The van der Waals surface area contributed by atoms with Gasteiger partial charge in [0, 0.05) is 54.5 Å². The second-order valence-electron chi connectivity index (χ2n) is 10.8. The van der Waals surface area contributed by atoms with E-state index in [1.54, 1.807) is 54.6 Å². The number of ether oxygens (including phenoxy) is 1. The molecule has 44 heavy (non-hydrogen) atoms. The Morgan fingerprint density at radius 1 is 1.00 bits per heavy atom. The van der Waals surface area contributed by atoms with E-state index in [0.29, 0.717) is 30.1 Å². The van der Waals surface area contributed by atoms with Gasteiger partial charge < -0.3 is 25.2 Å². The Hall–Kier alpha value is -4.28. The third-order valence-corrected chi connectivity index (χ3v) is 6.79. The van der Waals surface area contributed by atoms with Crippen molar-refractivity contribution in [2.45, 2.75) is 32.3 Å². The number of allylic oxidation sites excluding steroid dienone is 1. The van der Waals surface area contributed by atoms with Crippen LogP contribution in [0.3, 0.4) is 0 Å². The van der Waals surface area contributed by atoms with Gasteiger partial charge in [-0.2, -0.15) is 0 Å². The van der Waals surface area contributed by atoms with Crippen molar-refractivity contribution in [1.29, 1.82) is 0 Å². The minimum atomic E-state index is -3.34. The van der Waals surface area contributed by atoms with Gasteiger partial charge in [-0.1, -0.05) is 30.3 Å². The molecule has 0 saturated carbocycles. The number of nitrogens with one attached hydrogen (secondary N) is 2. The molecule has 0 spiro atoms. The number of hydrogen-bond acceptors (Lipinski definition) is 5. The fourth-order valence-corrected chi connectivity index (χ4v) is 4.68. The van der Waals surface area contributed by atoms with Crippen molar-refractivity contribution in [3.8, 4) is 5.75 Å². The van der Waals surface area contributed by atoms with Gasteiger partial charge >= 0.3 is 0 Å². The maximum Gasteiger partial charge on any atom is 0.275 e. The number of likely N-dealkylation sites (N-methyl/N-ethyl adjacent to an activating group) is 1. The Bertz CT molecular complexity index is 1510. The summed E-state index contributed by atoms with van der Waals surface area (Å²) in [4.78, 5) is 42.3. The van der Waals surface area contributed by atoms with Gasteiger partial charge in [0.25, 0.3) is 17.7 Å². The number of alkyl halides is 2. The molecule has 0 saturated heterocycles. The van der Waals surface area contributed by atoms with Crippen LogP contribution in [-0.4, -0.2) is 68.4 Å². The van der Waals surface area contributed by atoms with Crippen LogP contribution in [0.1, 0.15) is 46.5 Å². The summed E-state index contributed by atoms with van der Waals surface area (Å²) < 4.78 is 36.6. The van der Waals surface area contributed by atoms with Crippen LogP contribution in [0.4, 0.5) is 20.2 Å². The van der Waals surface area contributed by atoms with Crippen molar-refractivity contribution in [1.82, 2.24) is 10.2 Å². The standard InChI is InChI=1S/C33H36F2N4O4.ClH/c1-22(2)43-29-12-8-6-10-26(29)31(41)37-24-15-13-23(14-16-24)32(42)39-19-17-33(34,35)27(25-9-5-7-11-28(25)39)21-30(40)36-18-20-38(3)4;/h5-16,21-22H,17-20H2,1-4H3,(H,36,40)(H,37,41);1H. The molecular weight excluding hydrogens is 590 g/mol. The Morgan fingerprint density at radius 2 is 1.66 bits per heavy atom. The van der Waals surface area contributed by atoms with Crippen molar-refractivity contribution < 1.29 is 27.9 Å². The molecule has 3 aromatic rings. The van der Waals surface area contributed by atoms with E-state index in [2.05, 4.69) is 10.6 Å². The molecule has 0 unspecified atom stereocenters. The van der Waals surface area contributed by atoms with E-state index in [4.69, 9.17) is 4.74 Å². The lowest BCUT2D eigenvalue weighted by atomic mass is 9.97. The Morgan fingerprint density at radius 3 is 2.34 bits per heavy atom. The maximum atomic E-state index is 15.4. The van der Waals surface area contributed by atoms with Crippen LogP contribution in [0.2, 0.25) is 0 Å². The van der Waals surface area contributed by atoms with Gasteiger partial charge in [0.1, 0.15) is 5.75 Å². The summed E-state index contributed by atoms with van der Waals surface area (Å²) in [6, 6.07) is 19.5. The van der Waals surface area contributed by atoms with Gasteiger partial charge in [-0.15, -0.1) is 12.4 Å². The number of para-hydroxylation sites is 2. The third-order valence-electron chi connectivity index (χ3n) is 6.79. The molecule has 4 rings (SSSR count). The number of carbonyl (C=O) groups is 3. The van der Waals surface area contributed by atoms with Crippen molar-refractivity contribution >= 4 is 47.1 Å². The van der Waals surface area contributed by atoms with Gasteiger partial charge in [0.15, 0.2) is 0 Å². The molecule has 2 N–H and O–H groups in total.